The Morgan fingerprint density at radius 3 is 2.15 bits per heavy atom. The van der Waals surface area contributed by atoms with E-state index in [1.165, 1.54) is 12.5 Å². The van der Waals surface area contributed by atoms with Gasteiger partial charge in [-0.2, -0.15) is 12.6 Å². The van der Waals surface area contributed by atoms with Gasteiger partial charge in [-0.1, -0.05) is 20.3 Å². The molecule has 0 saturated heterocycles. The van der Waals surface area contributed by atoms with E-state index < -0.39 is 60.2 Å². The number of amides is 4. The summed E-state index contributed by atoms with van der Waals surface area (Å²) in [7, 11) is 0. The van der Waals surface area contributed by atoms with Crippen LogP contribution in [0.25, 0.3) is 0 Å². The highest BCUT2D eigenvalue weighted by molar-refractivity contribution is 7.80. The largest absolute Gasteiger partial charge is 0.480 e. The molecule has 0 saturated carbocycles. The second kappa shape index (κ2) is 13.4. The van der Waals surface area contributed by atoms with Gasteiger partial charge in [0.05, 0.1) is 18.8 Å². The van der Waals surface area contributed by atoms with Crippen LogP contribution in [0.3, 0.4) is 0 Å². The van der Waals surface area contributed by atoms with E-state index in [4.69, 9.17) is 16.6 Å². The number of thiol groups is 1. The van der Waals surface area contributed by atoms with E-state index in [1.54, 1.807) is 6.92 Å². The predicted octanol–water partition coefficient (Wildman–Crippen LogP) is -2.33. The Kier molecular flexibility index (Phi) is 11.4. The minimum absolute atomic E-state index is 0.0693. The van der Waals surface area contributed by atoms with Crippen LogP contribution in [0.15, 0.2) is 12.5 Å². The Balaban J connectivity index is 3.05. The maximum atomic E-state index is 12.9. The molecule has 1 aromatic heterocycles. The molecule has 184 valence electrons. The summed E-state index contributed by atoms with van der Waals surface area (Å²) in [5.41, 5.74) is 11.6. The van der Waals surface area contributed by atoms with Gasteiger partial charge in [-0.05, 0) is 5.92 Å². The Labute approximate surface area is 196 Å². The molecular weight excluding hydrogens is 454 g/mol. The first-order valence-corrected chi connectivity index (χ1v) is 10.9. The monoisotopic (exact) mass is 485 g/mol. The van der Waals surface area contributed by atoms with Crippen LogP contribution >= 0.6 is 12.6 Å². The number of hydrogen-bond donors (Lipinski definition) is 8. The molecule has 5 unspecified atom stereocenters. The topological polar surface area (TPSA) is 222 Å². The molecule has 0 spiro atoms. The van der Waals surface area contributed by atoms with Crippen molar-refractivity contribution in [3.05, 3.63) is 18.2 Å². The van der Waals surface area contributed by atoms with Crippen molar-refractivity contribution >= 4 is 42.2 Å². The van der Waals surface area contributed by atoms with Gasteiger partial charge in [0.2, 0.25) is 23.6 Å². The van der Waals surface area contributed by atoms with Gasteiger partial charge >= 0.3 is 5.97 Å². The van der Waals surface area contributed by atoms with Gasteiger partial charge < -0.3 is 37.5 Å². The van der Waals surface area contributed by atoms with Crippen LogP contribution in [0.5, 0.6) is 0 Å². The zero-order valence-corrected chi connectivity index (χ0v) is 19.3. The van der Waals surface area contributed by atoms with Gasteiger partial charge in [-0.15, -0.1) is 0 Å². The molecule has 0 radical (unpaired) electrons. The van der Waals surface area contributed by atoms with Crippen molar-refractivity contribution in [1.29, 1.82) is 0 Å². The number of aliphatic carboxylic acids is 1. The molecule has 1 heterocycles. The second-order valence-electron chi connectivity index (χ2n) is 7.57. The summed E-state index contributed by atoms with van der Waals surface area (Å²) < 4.78 is 0. The molecule has 1 aromatic rings. The average molecular weight is 486 g/mol. The number of carbonyl (C=O) groups is 5. The third-order valence-corrected chi connectivity index (χ3v) is 5.37. The number of primary amides is 1. The number of aromatic nitrogens is 2. The lowest BCUT2D eigenvalue weighted by molar-refractivity contribution is -0.141. The number of aromatic amines is 1. The standard InChI is InChI=1S/C19H31N7O6S/c1-3-9(2)15(21)18(30)25-12(5-14(20)27)17(29)24-11(4-10-6-22-8-23-10)16(28)26-13(7-33)19(31)32/h6,8-9,11-13,15,33H,3-5,7,21H2,1-2H3,(H2,20,27)(H,22,23)(H,24,29)(H,25,30)(H,26,28)(H,31,32). The van der Waals surface area contributed by atoms with Gasteiger partial charge in [0.1, 0.15) is 18.1 Å². The fourth-order valence-corrected chi connectivity index (χ4v) is 2.99. The molecule has 0 aliphatic carbocycles. The van der Waals surface area contributed by atoms with Crippen LogP contribution in [0.2, 0.25) is 0 Å². The van der Waals surface area contributed by atoms with Gasteiger partial charge in [0.15, 0.2) is 0 Å². The Morgan fingerprint density at radius 2 is 1.67 bits per heavy atom. The average Bonchev–Trinajstić information content (AvgIpc) is 3.27. The van der Waals surface area contributed by atoms with Gasteiger partial charge in [-0.25, -0.2) is 9.78 Å². The third kappa shape index (κ3) is 9.10. The van der Waals surface area contributed by atoms with E-state index in [-0.39, 0.29) is 18.1 Å². The number of carboxylic acid groups (broad SMARTS) is 1. The van der Waals surface area contributed by atoms with Crippen LogP contribution in [0, 0.1) is 5.92 Å². The molecule has 9 N–H and O–H groups in total. The number of carbonyl (C=O) groups excluding carboxylic acids is 4. The fraction of sp³-hybridized carbons (Fsp3) is 0.579. The fourth-order valence-electron chi connectivity index (χ4n) is 2.75. The van der Waals surface area contributed by atoms with Crippen LogP contribution in [0.4, 0.5) is 0 Å². The maximum Gasteiger partial charge on any atom is 0.327 e. The van der Waals surface area contributed by atoms with Crippen molar-refractivity contribution < 1.29 is 29.1 Å². The number of rotatable bonds is 14. The minimum atomic E-state index is -1.39. The number of H-pyrrole nitrogens is 1. The van der Waals surface area contributed by atoms with Crippen molar-refractivity contribution in [2.75, 3.05) is 5.75 Å². The molecule has 5 atom stereocenters. The predicted molar refractivity (Wildman–Crippen MR) is 121 cm³/mol. The Hall–Kier alpha value is -3.13. The summed E-state index contributed by atoms with van der Waals surface area (Å²) in [6.07, 6.45) is 2.81. The zero-order chi connectivity index (χ0) is 25.1. The second-order valence-corrected chi connectivity index (χ2v) is 7.93. The summed E-state index contributed by atoms with van der Waals surface area (Å²) in [6.45, 7) is 3.61. The molecule has 0 fully saturated rings. The highest BCUT2D eigenvalue weighted by Crippen LogP contribution is 2.07. The molecule has 1 rings (SSSR count). The van der Waals surface area contributed by atoms with Crippen LogP contribution in [-0.2, 0) is 30.4 Å². The quantitative estimate of drug-likeness (QED) is 0.133. The summed E-state index contributed by atoms with van der Waals surface area (Å²) in [6, 6.07) is -4.86. The van der Waals surface area contributed by atoms with E-state index in [0.717, 1.165) is 0 Å². The van der Waals surface area contributed by atoms with Gasteiger partial charge in [0.25, 0.3) is 0 Å². The molecule has 0 bridgehead atoms. The number of nitrogens with two attached hydrogens (primary N) is 2. The van der Waals surface area contributed by atoms with Crippen molar-refractivity contribution in [3.8, 4) is 0 Å². The van der Waals surface area contributed by atoms with E-state index in [0.29, 0.717) is 12.1 Å². The summed E-state index contributed by atoms with van der Waals surface area (Å²) in [4.78, 5) is 67.4. The molecule has 13 nitrogen and oxygen atoms in total. The lowest BCUT2D eigenvalue weighted by atomic mass is 9.99. The Bertz CT molecular complexity index is 835. The third-order valence-electron chi connectivity index (χ3n) is 5.01. The normalized spacial score (nSPS) is 15.4. The number of hydrogen-bond acceptors (Lipinski definition) is 8. The summed E-state index contributed by atoms with van der Waals surface area (Å²) in [5, 5.41) is 16.3. The molecule has 0 aliphatic heterocycles. The molecule has 33 heavy (non-hydrogen) atoms. The molecular formula is C19H31N7O6S. The van der Waals surface area contributed by atoms with E-state index in [1.807, 2.05) is 6.92 Å². The van der Waals surface area contributed by atoms with Crippen molar-refractivity contribution in [2.24, 2.45) is 17.4 Å². The first-order chi connectivity index (χ1) is 15.5. The highest BCUT2D eigenvalue weighted by Gasteiger charge is 2.31. The van der Waals surface area contributed by atoms with E-state index in [2.05, 4.69) is 38.5 Å². The first kappa shape index (κ1) is 27.9. The lowest BCUT2D eigenvalue weighted by Gasteiger charge is -2.25. The smallest absolute Gasteiger partial charge is 0.327 e. The minimum Gasteiger partial charge on any atom is -0.480 e. The maximum absolute atomic E-state index is 12.9. The number of nitrogens with one attached hydrogen (secondary N) is 4. The zero-order valence-electron chi connectivity index (χ0n) is 18.4. The van der Waals surface area contributed by atoms with Crippen LogP contribution in [-0.4, -0.2) is 74.6 Å². The first-order valence-electron chi connectivity index (χ1n) is 10.3. The van der Waals surface area contributed by atoms with Gasteiger partial charge in [-0.3, -0.25) is 19.2 Å². The number of nitrogens with zero attached hydrogens (tertiary/aromatic N) is 1. The Morgan fingerprint density at radius 1 is 1.09 bits per heavy atom. The highest BCUT2D eigenvalue weighted by atomic mass is 32.1. The van der Waals surface area contributed by atoms with Crippen molar-refractivity contribution in [3.63, 3.8) is 0 Å². The summed E-state index contributed by atoms with van der Waals surface area (Å²) in [5.74, 6) is -4.85. The number of imidazole rings is 1. The molecule has 14 heteroatoms. The molecule has 4 amide bonds. The molecule has 0 aliphatic rings. The van der Waals surface area contributed by atoms with Crippen molar-refractivity contribution in [2.45, 2.75) is 57.3 Å². The lowest BCUT2D eigenvalue weighted by Crippen LogP contribution is -2.58. The van der Waals surface area contributed by atoms with E-state index in [9.17, 15) is 24.0 Å². The van der Waals surface area contributed by atoms with Crippen LogP contribution < -0.4 is 27.4 Å². The van der Waals surface area contributed by atoms with E-state index >= 15 is 0 Å². The molecule has 0 aromatic carbocycles. The van der Waals surface area contributed by atoms with Crippen molar-refractivity contribution in [1.82, 2.24) is 25.9 Å². The van der Waals surface area contributed by atoms with Gasteiger partial charge in [0, 0.05) is 24.1 Å². The SMILES string of the molecule is CCC(C)C(N)C(=O)NC(CC(N)=O)C(=O)NC(Cc1cnc[nH]1)C(=O)NC(CS)C(=O)O. The summed E-state index contributed by atoms with van der Waals surface area (Å²) >= 11 is 3.90. The number of carboxylic acids is 1. The van der Waals surface area contributed by atoms with Crippen LogP contribution in [0.1, 0.15) is 32.4 Å².